The summed E-state index contributed by atoms with van der Waals surface area (Å²) in [5, 5.41) is 9.05. The molecular formula is C13H23NO2. The molecule has 0 radical (unpaired) electrons. The van der Waals surface area contributed by atoms with Gasteiger partial charge in [-0.05, 0) is 24.8 Å². The molecule has 1 saturated carbocycles. The second-order valence-corrected chi connectivity index (χ2v) is 5.62. The maximum absolute atomic E-state index is 11.0. The van der Waals surface area contributed by atoms with Crippen LogP contribution in [0.5, 0.6) is 0 Å². The molecule has 0 amide bonds. The molecular weight excluding hydrogens is 202 g/mol. The van der Waals surface area contributed by atoms with Gasteiger partial charge in [0.2, 0.25) is 0 Å². The third kappa shape index (κ3) is 2.76. The lowest BCUT2D eigenvalue weighted by atomic mass is 9.99. The average molecular weight is 225 g/mol. The van der Waals surface area contributed by atoms with Gasteiger partial charge in [0.25, 0.3) is 0 Å². The van der Waals surface area contributed by atoms with Gasteiger partial charge in [-0.2, -0.15) is 0 Å². The third-order valence-corrected chi connectivity index (χ3v) is 4.33. The van der Waals surface area contributed by atoms with E-state index < -0.39 is 5.97 Å². The Labute approximate surface area is 97.8 Å². The van der Waals surface area contributed by atoms with Gasteiger partial charge in [-0.1, -0.05) is 32.6 Å². The number of aliphatic carboxylic acids is 1. The molecule has 1 N–H and O–H groups in total. The Balaban J connectivity index is 1.73. The third-order valence-electron chi connectivity index (χ3n) is 4.33. The molecule has 1 heterocycles. The van der Waals surface area contributed by atoms with Crippen molar-refractivity contribution in [3.63, 3.8) is 0 Å². The van der Waals surface area contributed by atoms with Crippen LogP contribution in [0.3, 0.4) is 0 Å². The van der Waals surface area contributed by atoms with Gasteiger partial charge in [-0.3, -0.25) is 4.79 Å². The van der Waals surface area contributed by atoms with E-state index in [4.69, 9.17) is 5.11 Å². The maximum Gasteiger partial charge on any atom is 0.308 e. The Morgan fingerprint density at radius 3 is 2.56 bits per heavy atom. The van der Waals surface area contributed by atoms with Crippen LogP contribution in [-0.2, 0) is 4.79 Å². The van der Waals surface area contributed by atoms with E-state index in [0.29, 0.717) is 5.92 Å². The fraction of sp³-hybridized carbons (Fsp3) is 0.923. The van der Waals surface area contributed by atoms with E-state index in [-0.39, 0.29) is 5.92 Å². The highest BCUT2D eigenvalue weighted by molar-refractivity contribution is 5.71. The molecule has 0 unspecified atom stereocenters. The molecule has 2 fully saturated rings. The zero-order chi connectivity index (χ0) is 11.5. The van der Waals surface area contributed by atoms with Gasteiger partial charge in [0.05, 0.1) is 5.92 Å². The van der Waals surface area contributed by atoms with Gasteiger partial charge in [0.15, 0.2) is 0 Å². The van der Waals surface area contributed by atoms with Gasteiger partial charge in [-0.15, -0.1) is 0 Å². The summed E-state index contributed by atoms with van der Waals surface area (Å²) in [6, 6.07) is 0. The van der Waals surface area contributed by atoms with Gasteiger partial charge >= 0.3 is 5.97 Å². The van der Waals surface area contributed by atoms with Crippen molar-refractivity contribution in [2.45, 2.75) is 39.0 Å². The highest BCUT2D eigenvalue weighted by Crippen LogP contribution is 2.29. The summed E-state index contributed by atoms with van der Waals surface area (Å²) in [4.78, 5) is 13.3. The van der Waals surface area contributed by atoms with Gasteiger partial charge in [0, 0.05) is 13.1 Å². The molecule has 2 aliphatic rings. The molecule has 1 saturated heterocycles. The predicted octanol–water partition coefficient (Wildman–Crippen LogP) is 2.22. The lowest BCUT2D eigenvalue weighted by molar-refractivity contribution is -0.142. The number of hydrogen-bond acceptors (Lipinski definition) is 2. The monoisotopic (exact) mass is 225 g/mol. The van der Waals surface area contributed by atoms with E-state index in [1.807, 2.05) is 0 Å². The second-order valence-electron chi connectivity index (χ2n) is 5.62. The first-order chi connectivity index (χ1) is 7.66. The van der Waals surface area contributed by atoms with Crippen molar-refractivity contribution in [1.29, 1.82) is 0 Å². The molecule has 0 aromatic rings. The Kier molecular flexibility index (Phi) is 3.85. The summed E-state index contributed by atoms with van der Waals surface area (Å²) in [5.74, 6) is 0.486. The number of likely N-dealkylation sites (tertiary alicyclic amines) is 1. The van der Waals surface area contributed by atoms with Crippen molar-refractivity contribution >= 4 is 5.97 Å². The minimum absolute atomic E-state index is 0.136. The molecule has 3 heteroatoms. The minimum Gasteiger partial charge on any atom is -0.481 e. The Hall–Kier alpha value is -0.570. The molecule has 2 atom stereocenters. The highest BCUT2D eigenvalue weighted by Gasteiger charge is 2.34. The lowest BCUT2D eigenvalue weighted by Crippen LogP contribution is -2.25. The number of carbonyl (C=O) groups is 1. The van der Waals surface area contributed by atoms with Crippen LogP contribution in [0, 0.1) is 17.8 Å². The van der Waals surface area contributed by atoms with Crippen LogP contribution >= 0.6 is 0 Å². The van der Waals surface area contributed by atoms with Gasteiger partial charge < -0.3 is 10.0 Å². The SMILES string of the molecule is C[C@@H]1CN(CCC2CCCC2)C[C@H]1C(=O)O. The van der Waals surface area contributed by atoms with Crippen LogP contribution in [0.15, 0.2) is 0 Å². The quantitative estimate of drug-likeness (QED) is 0.797. The van der Waals surface area contributed by atoms with Crippen molar-refractivity contribution in [2.24, 2.45) is 17.8 Å². The topological polar surface area (TPSA) is 40.5 Å². The van der Waals surface area contributed by atoms with E-state index in [2.05, 4.69) is 11.8 Å². The molecule has 1 aliphatic carbocycles. The van der Waals surface area contributed by atoms with E-state index in [1.165, 1.54) is 32.1 Å². The molecule has 1 aliphatic heterocycles. The largest absolute Gasteiger partial charge is 0.481 e. The summed E-state index contributed by atoms with van der Waals surface area (Å²) in [6.07, 6.45) is 6.87. The zero-order valence-corrected chi connectivity index (χ0v) is 10.2. The summed E-state index contributed by atoms with van der Waals surface area (Å²) >= 11 is 0. The molecule has 0 aromatic heterocycles. The lowest BCUT2D eigenvalue weighted by Gasteiger charge is -2.17. The standard InChI is InChI=1S/C13H23NO2/c1-10-8-14(9-12(10)13(15)16)7-6-11-4-2-3-5-11/h10-12H,2-9H2,1H3,(H,15,16)/t10-,12-/m1/s1. The Bertz CT molecular complexity index is 248. The van der Waals surface area contributed by atoms with Crippen molar-refractivity contribution < 1.29 is 9.90 Å². The van der Waals surface area contributed by atoms with Crippen LogP contribution in [-0.4, -0.2) is 35.6 Å². The van der Waals surface area contributed by atoms with Gasteiger partial charge in [0.1, 0.15) is 0 Å². The van der Waals surface area contributed by atoms with Crippen molar-refractivity contribution in [3.8, 4) is 0 Å². The van der Waals surface area contributed by atoms with Crippen molar-refractivity contribution in [2.75, 3.05) is 19.6 Å². The maximum atomic E-state index is 11.0. The fourth-order valence-corrected chi connectivity index (χ4v) is 3.24. The predicted molar refractivity (Wildman–Crippen MR) is 63.3 cm³/mol. The number of nitrogens with zero attached hydrogens (tertiary/aromatic N) is 1. The smallest absolute Gasteiger partial charge is 0.308 e. The van der Waals surface area contributed by atoms with Crippen LogP contribution in [0.4, 0.5) is 0 Å². The Morgan fingerprint density at radius 2 is 2.00 bits per heavy atom. The Morgan fingerprint density at radius 1 is 1.31 bits per heavy atom. The average Bonchev–Trinajstić information content (AvgIpc) is 2.83. The first kappa shape index (κ1) is 11.9. The molecule has 3 nitrogen and oxygen atoms in total. The molecule has 92 valence electrons. The normalized spacial score (nSPS) is 32.3. The molecule has 0 spiro atoms. The zero-order valence-electron chi connectivity index (χ0n) is 10.2. The van der Waals surface area contributed by atoms with Crippen LogP contribution in [0.2, 0.25) is 0 Å². The minimum atomic E-state index is -0.615. The molecule has 0 aromatic carbocycles. The van der Waals surface area contributed by atoms with Crippen molar-refractivity contribution in [1.82, 2.24) is 4.90 Å². The summed E-state index contributed by atoms with van der Waals surface area (Å²) < 4.78 is 0. The van der Waals surface area contributed by atoms with E-state index in [9.17, 15) is 4.79 Å². The number of rotatable bonds is 4. The van der Waals surface area contributed by atoms with Crippen molar-refractivity contribution in [3.05, 3.63) is 0 Å². The van der Waals surface area contributed by atoms with Crippen LogP contribution in [0.25, 0.3) is 0 Å². The first-order valence-corrected chi connectivity index (χ1v) is 6.62. The molecule has 2 rings (SSSR count). The second kappa shape index (κ2) is 5.17. The first-order valence-electron chi connectivity index (χ1n) is 6.62. The fourth-order valence-electron chi connectivity index (χ4n) is 3.24. The van der Waals surface area contributed by atoms with Gasteiger partial charge in [-0.25, -0.2) is 0 Å². The van der Waals surface area contributed by atoms with Crippen LogP contribution in [0.1, 0.15) is 39.0 Å². The number of carboxylic acids is 1. The summed E-state index contributed by atoms with van der Waals surface area (Å²) in [5.41, 5.74) is 0. The van der Waals surface area contributed by atoms with E-state index in [1.54, 1.807) is 0 Å². The summed E-state index contributed by atoms with van der Waals surface area (Å²) in [7, 11) is 0. The van der Waals surface area contributed by atoms with E-state index >= 15 is 0 Å². The molecule has 16 heavy (non-hydrogen) atoms. The number of hydrogen-bond donors (Lipinski definition) is 1. The van der Waals surface area contributed by atoms with Crippen LogP contribution < -0.4 is 0 Å². The highest BCUT2D eigenvalue weighted by atomic mass is 16.4. The summed E-state index contributed by atoms with van der Waals surface area (Å²) in [6.45, 7) is 4.92. The van der Waals surface area contributed by atoms with E-state index in [0.717, 1.165) is 25.6 Å². The molecule has 0 bridgehead atoms. The number of carboxylic acid groups (broad SMARTS) is 1.